The summed E-state index contributed by atoms with van der Waals surface area (Å²) < 4.78 is 13.5. The highest BCUT2D eigenvalue weighted by Crippen LogP contribution is 2.16. The lowest BCUT2D eigenvalue weighted by Crippen LogP contribution is -2.25. The monoisotopic (exact) mass is 403 g/mol. The Balaban J connectivity index is 1.67. The van der Waals surface area contributed by atoms with Crippen molar-refractivity contribution in [1.29, 1.82) is 0 Å². The van der Waals surface area contributed by atoms with E-state index in [1.807, 2.05) is 24.3 Å². The van der Waals surface area contributed by atoms with Crippen LogP contribution in [0.1, 0.15) is 34.2 Å². The highest BCUT2D eigenvalue weighted by Gasteiger charge is 2.10. The summed E-state index contributed by atoms with van der Waals surface area (Å²) in [5, 5.41) is 9.08. The summed E-state index contributed by atoms with van der Waals surface area (Å²) in [5.41, 5.74) is 4.93. The Morgan fingerprint density at radius 2 is 1.50 bits per heavy atom. The number of nitrogens with zero attached hydrogens (tertiary/aromatic N) is 1. The molecule has 0 aliphatic heterocycles. The summed E-state index contributed by atoms with van der Waals surface area (Å²) >= 11 is 0. The van der Waals surface area contributed by atoms with Crippen molar-refractivity contribution in [3.8, 4) is 0 Å². The highest BCUT2D eigenvalue weighted by molar-refractivity contribution is 5.69. The van der Waals surface area contributed by atoms with Crippen LogP contribution in [-0.4, -0.2) is 22.5 Å². The van der Waals surface area contributed by atoms with Gasteiger partial charge in [-0.15, -0.1) is 0 Å². The van der Waals surface area contributed by atoms with E-state index in [2.05, 4.69) is 53.5 Å². The van der Waals surface area contributed by atoms with Crippen molar-refractivity contribution in [3.63, 3.8) is 0 Å². The maximum absolute atomic E-state index is 13.5. The second kappa shape index (κ2) is 10.5. The smallest absolute Gasteiger partial charge is 0.304 e. The van der Waals surface area contributed by atoms with Gasteiger partial charge in [0.25, 0.3) is 0 Å². The van der Waals surface area contributed by atoms with Crippen LogP contribution in [0.4, 0.5) is 4.39 Å². The van der Waals surface area contributed by atoms with Gasteiger partial charge in [-0.3, -0.25) is 9.69 Å². The molecule has 3 aromatic carbocycles. The third-order valence-corrected chi connectivity index (χ3v) is 4.92. The molecular formula is C26H26FNO2. The maximum atomic E-state index is 13.5. The van der Waals surface area contributed by atoms with Crippen molar-refractivity contribution in [2.45, 2.75) is 26.4 Å². The molecule has 3 nitrogen and oxygen atoms in total. The van der Waals surface area contributed by atoms with Crippen molar-refractivity contribution in [3.05, 3.63) is 106 Å². The van der Waals surface area contributed by atoms with Crippen LogP contribution in [0.3, 0.4) is 0 Å². The van der Waals surface area contributed by atoms with Crippen molar-refractivity contribution in [1.82, 2.24) is 4.90 Å². The number of carboxylic acid groups (broad SMARTS) is 1. The molecule has 154 valence electrons. The molecule has 4 heteroatoms. The second-order valence-electron chi connectivity index (χ2n) is 7.42. The topological polar surface area (TPSA) is 40.5 Å². The van der Waals surface area contributed by atoms with Gasteiger partial charge in [0.1, 0.15) is 5.82 Å². The van der Waals surface area contributed by atoms with Gasteiger partial charge in [0.15, 0.2) is 0 Å². The number of carbonyl (C=O) groups is 1. The van der Waals surface area contributed by atoms with E-state index in [4.69, 9.17) is 5.11 Å². The lowest BCUT2D eigenvalue weighted by molar-refractivity contribution is -0.137. The average molecular weight is 403 g/mol. The number of hydrogen-bond acceptors (Lipinski definition) is 2. The van der Waals surface area contributed by atoms with Crippen LogP contribution in [0.5, 0.6) is 0 Å². The Morgan fingerprint density at radius 1 is 0.900 bits per heavy atom. The number of aliphatic carboxylic acids is 1. The number of halogens is 1. The van der Waals surface area contributed by atoms with Crippen LogP contribution in [0.15, 0.2) is 72.8 Å². The van der Waals surface area contributed by atoms with Crippen LogP contribution in [-0.2, 0) is 17.9 Å². The zero-order chi connectivity index (χ0) is 21.3. The van der Waals surface area contributed by atoms with Crippen molar-refractivity contribution < 1.29 is 14.3 Å². The van der Waals surface area contributed by atoms with Gasteiger partial charge in [0.05, 0.1) is 6.42 Å². The third kappa shape index (κ3) is 6.68. The Hall–Kier alpha value is -3.24. The predicted octanol–water partition coefficient (Wildman–Crippen LogP) is 5.78. The van der Waals surface area contributed by atoms with Gasteiger partial charge in [-0.1, -0.05) is 78.9 Å². The molecule has 0 aliphatic carbocycles. The summed E-state index contributed by atoms with van der Waals surface area (Å²) in [4.78, 5) is 13.1. The third-order valence-electron chi connectivity index (χ3n) is 4.92. The minimum absolute atomic E-state index is 0.0675. The highest BCUT2D eigenvalue weighted by atomic mass is 19.1. The van der Waals surface area contributed by atoms with E-state index >= 15 is 0 Å². The molecule has 0 saturated carbocycles. The molecule has 0 radical (unpaired) electrons. The van der Waals surface area contributed by atoms with Crippen LogP contribution in [0.25, 0.3) is 12.2 Å². The van der Waals surface area contributed by atoms with Gasteiger partial charge >= 0.3 is 5.97 Å². The molecule has 30 heavy (non-hydrogen) atoms. The molecule has 1 N–H and O–H groups in total. The number of hydrogen-bond donors (Lipinski definition) is 1. The number of rotatable bonds is 9. The first-order valence-electron chi connectivity index (χ1n) is 10.0. The Bertz CT molecular complexity index is 997. The van der Waals surface area contributed by atoms with E-state index in [0.29, 0.717) is 25.2 Å². The van der Waals surface area contributed by atoms with Crippen LogP contribution >= 0.6 is 0 Å². The van der Waals surface area contributed by atoms with Gasteiger partial charge < -0.3 is 5.11 Å². The van der Waals surface area contributed by atoms with E-state index in [9.17, 15) is 9.18 Å². The minimum Gasteiger partial charge on any atom is -0.481 e. The number of benzene rings is 3. The van der Waals surface area contributed by atoms with Crippen molar-refractivity contribution >= 4 is 18.1 Å². The van der Waals surface area contributed by atoms with Gasteiger partial charge in [-0.25, -0.2) is 4.39 Å². The fraction of sp³-hybridized carbons (Fsp3) is 0.192. The SMILES string of the molecule is Cc1cc(CN(CCC(=O)O)Cc2ccc(/C=C/c3ccccc3)cc2)ccc1F. The van der Waals surface area contributed by atoms with Gasteiger partial charge in [-0.05, 0) is 40.8 Å². The fourth-order valence-corrected chi connectivity index (χ4v) is 3.28. The Kier molecular flexibility index (Phi) is 7.52. The fourth-order valence-electron chi connectivity index (χ4n) is 3.28. The normalized spacial score (nSPS) is 11.3. The molecule has 3 rings (SSSR count). The zero-order valence-corrected chi connectivity index (χ0v) is 17.1. The van der Waals surface area contributed by atoms with Crippen LogP contribution in [0.2, 0.25) is 0 Å². The summed E-state index contributed by atoms with van der Waals surface area (Å²) in [6, 6.07) is 23.4. The maximum Gasteiger partial charge on any atom is 0.304 e. The quantitative estimate of drug-likeness (QED) is 0.460. The van der Waals surface area contributed by atoms with Crippen LogP contribution < -0.4 is 0 Å². The lowest BCUT2D eigenvalue weighted by Gasteiger charge is -2.22. The molecule has 0 saturated heterocycles. The van der Waals surface area contributed by atoms with E-state index in [-0.39, 0.29) is 12.2 Å². The second-order valence-corrected chi connectivity index (χ2v) is 7.42. The Morgan fingerprint density at radius 3 is 2.13 bits per heavy atom. The van der Waals surface area contributed by atoms with Crippen molar-refractivity contribution in [2.24, 2.45) is 0 Å². The van der Waals surface area contributed by atoms with Gasteiger partial charge in [0, 0.05) is 19.6 Å². The first-order chi connectivity index (χ1) is 14.5. The molecule has 0 amide bonds. The molecule has 0 bridgehead atoms. The van der Waals surface area contributed by atoms with E-state index in [1.165, 1.54) is 6.07 Å². The largest absolute Gasteiger partial charge is 0.481 e. The van der Waals surface area contributed by atoms with Crippen LogP contribution in [0, 0.1) is 12.7 Å². The average Bonchev–Trinajstić information content (AvgIpc) is 2.75. The van der Waals surface area contributed by atoms with Gasteiger partial charge in [0.2, 0.25) is 0 Å². The van der Waals surface area contributed by atoms with Crippen molar-refractivity contribution in [2.75, 3.05) is 6.54 Å². The predicted molar refractivity (Wildman–Crippen MR) is 119 cm³/mol. The first-order valence-corrected chi connectivity index (χ1v) is 10.0. The molecule has 3 aromatic rings. The summed E-state index contributed by atoms with van der Waals surface area (Å²) in [6.07, 6.45) is 4.21. The molecule has 0 unspecified atom stereocenters. The number of carboxylic acids is 1. The zero-order valence-electron chi connectivity index (χ0n) is 17.1. The molecule has 0 aromatic heterocycles. The minimum atomic E-state index is -0.823. The Labute approximate surface area is 177 Å². The van der Waals surface area contributed by atoms with E-state index in [1.54, 1.807) is 13.0 Å². The standard InChI is InChI=1S/C26H26FNO2/c1-20-17-24(13-14-25(20)27)19-28(16-15-26(29)30)18-23-11-9-22(10-12-23)8-7-21-5-3-2-4-6-21/h2-14,17H,15-16,18-19H2,1H3,(H,29,30)/b8-7+. The summed E-state index contributed by atoms with van der Waals surface area (Å²) in [7, 11) is 0. The first kappa shape index (κ1) is 21.5. The summed E-state index contributed by atoms with van der Waals surface area (Å²) in [6.45, 7) is 3.37. The molecule has 0 aliphatic rings. The van der Waals surface area contributed by atoms with Gasteiger partial charge in [-0.2, -0.15) is 0 Å². The number of aryl methyl sites for hydroxylation is 1. The molecule has 0 atom stereocenters. The molecular weight excluding hydrogens is 377 g/mol. The lowest BCUT2D eigenvalue weighted by atomic mass is 10.1. The molecule has 0 fully saturated rings. The van der Waals surface area contributed by atoms with E-state index in [0.717, 1.165) is 22.3 Å². The molecule has 0 spiro atoms. The van der Waals surface area contributed by atoms with E-state index < -0.39 is 5.97 Å². The molecule has 0 heterocycles. The summed E-state index contributed by atoms with van der Waals surface area (Å²) in [5.74, 6) is -1.05.